The Morgan fingerprint density at radius 3 is 2.75 bits per heavy atom. The average Bonchev–Trinajstić information content (AvgIpc) is 2.02. The highest BCUT2D eigenvalue weighted by atomic mass is 16.1. The molecule has 0 fully saturated rings. The SMILES string of the molecule is C=CCCCC=CCNC(C)=O. The van der Waals surface area contributed by atoms with Crippen LogP contribution in [0.15, 0.2) is 24.8 Å². The van der Waals surface area contributed by atoms with Gasteiger partial charge in [-0.1, -0.05) is 18.2 Å². The average molecular weight is 167 g/mol. The van der Waals surface area contributed by atoms with Crippen LogP contribution in [-0.2, 0) is 4.79 Å². The van der Waals surface area contributed by atoms with E-state index in [1.165, 1.54) is 6.92 Å². The summed E-state index contributed by atoms with van der Waals surface area (Å²) in [5.41, 5.74) is 0. The van der Waals surface area contributed by atoms with Gasteiger partial charge >= 0.3 is 0 Å². The van der Waals surface area contributed by atoms with Crippen molar-refractivity contribution in [3.8, 4) is 0 Å². The van der Waals surface area contributed by atoms with Crippen LogP contribution in [0.5, 0.6) is 0 Å². The van der Waals surface area contributed by atoms with Crippen LogP contribution in [0.1, 0.15) is 26.2 Å². The summed E-state index contributed by atoms with van der Waals surface area (Å²) in [6.45, 7) is 5.80. The van der Waals surface area contributed by atoms with Crippen LogP contribution in [0.3, 0.4) is 0 Å². The monoisotopic (exact) mass is 167 g/mol. The second-order valence-corrected chi connectivity index (χ2v) is 2.63. The van der Waals surface area contributed by atoms with Gasteiger partial charge in [0.2, 0.25) is 5.91 Å². The molecule has 2 nitrogen and oxygen atoms in total. The van der Waals surface area contributed by atoms with Crippen LogP contribution in [0.4, 0.5) is 0 Å². The van der Waals surface area contributed by atoms with Crippen LogP contribution in [0.2, 0.25) is 0 Å². The minimum Gasteiger partial charge on any atom is -0.353 e. The molecule has 0 rings (SSSR count). The maximum absolute atomic E-state index is 10.4. The Bertz CT molecular complexity index is 161. The van der Waals surface area contributed by atoms with Crippen molar-refractivity contribution in [1.29, 1.82) is 0 Å². The zero-order valence-corrected chi connectivity index (χ0v) is 7.68. The molecular weight excluding hydrogens is 150 g/mol. The van der Waals surface area contributed by atoms with Gasteiger partial charge in [-0.15, -0.1) is 6.58 Å². The minimum absolute atomic E-state index is 0.0192. The molecular formula is C10H17NO. The molecule has 12 heavy (non-hydrogen) atoms. The minimum atomic E-state index is 0.0192. The molecule has 0 aliphatic heterocycles. The van der Waals surface area contributed by atoms with Gasteiger partial charge in [-0.2, -0.15) is 0 Å². The van der Waals surface area contributed by atoms with E-state index < -0.39 is 0 Å². The largest absolute Gasteiger partial charge is 0.353 e. The first kappa shape index (κ1) is 11.0. The van der Waals surface area contributed by atoms with E-state index in [0.717, 1.165) is 19.3 Å². The van der Waals surface area contributed by atoms with Gasteiger partial charge in [0.05, 0.1) is 0 Å². The molecule has 0 aromatic rings. The first-order chi connectivity index (χ1) is 5.77. The number of rotatable bonds is 6. The van der Waals surface area contributed by atoms with Gasteiger partial charge in [-0.25, -0.2) is 0 Å². The summed E-state index contributed by atoms with van der Waals surface area (Å²) in [6.07, 6.45) is 9.24. The van der Waals surface area contributed by atoms with Crippen molar-refractivity contribution in [3.05, 3.63) is 24.8 Å². The fourth-order valence-corrected chi connectivity index (χ4v) is 0.784. The van der Waals surface area contributed by atoms with E-state index in [4.69, 9.17) is 0 Å². The van der Waals surface area contributed by atoms with Crippen molar-refractivity contribution in [3.63, 3.8) is 0 Å². The molecule has 0 saturated carbocycles. The first-order valence-electron chi connectivity index (χ1n) is 4.27. The smallest absolute Gasteiger partial charge is 0.217 e. The molecule has 0 radical (unpaired) electrons. The molecule has 0 aliphatic carbocycles. The lowest BCUT2D eigenvalue weighted by Crippen LogP contribution is -2.19. The molecule has 0 aromatic heterocycles. The van der Waals surface area contributed by atoms with Crippen LogP contribution in [0.25, 0.3) is 0 Å². The third kappa shape index (κ3) is 8.95. The first-order valence-corrected chi connectivity index (χ1v) is 4.27. The van der Waals surface area contributed by atoms with Crippen molar-refractivity contribution in [2.75, 3.05) is 6.54 Å². The number of allylic oxidation sites excluding steroid dienone is 2. The van der Waals surface area contributed by atoms with Crippen LogP contribution < -0.4 is 5.32 Å². The van der Waals surface area contributed by atoms with Crippen LogP contribution in [-0.4, -0.2) is 12.5 Å². The van der Waals surface area contributed by atoms with Crippen molar-refractivity contribution >= 4 is 5.91 Å². The van der Waals surface area contributed by atoms with Gasteiger partial charge in [0.1, 0.15) is 0 Å². The fraction of sp³-hybridized carbons (Fsp3) is 0.500. The number of carbonyl (C=O) groups is 1. The standard InChI is InChI=1S/C10H17NO/c1-3-4-5-6-7-8-9-11-10(2)12/h3,7-8H,1,4-6,9H2,2H3,(H,11,12). The van der Waals surface area contributed by atoms with Crippen molar-refractivity contribution in [2.45, 2.75) is 26.2 Å². The number of nitrogens with one attached hydrogen (secondary N) is 1. The second-order valence-electron chi connectivity index (χ2n) is 2.63. The van der Waals surface area contributed by atoms with Gasteiger partial charge in [0.25, 0.3) is 0 Å². The van der Waals surface area contributed by atoms with Gasteiger partial charge in [0, 0.05) is 13.5 Å². The Labute approximate surface area is 74.4 Å². The number of hydrogen-bond donors (Lipinski definition) is 1. The lowest BCUT2D eigenvalue weighted by molar-refractivity contribution is -0.118. The summed E-state index contributed by atoms with van der Waals surface area (Å²) in [6, 6.07) is 0. The number of carbonyl (C=O) groups excluding carboxylic acids is 1. The fourth-order valence-electron chi connectivity index (χ4n) is 0.784. The second kappa shape index (κ2) is 8.05. The third-order valence-corrected chi connectivity index (χ3v) is 1.41. The molecule has 0 bridgehead atoms. The summed E-state index contributed by atoms with van der Waals surface area (Å²) in [5, 5.41) is 2.69. The Morgan fingerprint density at radius 1 is 1.42 bits per heavy atom. The highest BCUT2D eigenvalue weighted by Crippen LogP contribution is 1.95. The maximum atomic E-state index is 10.4. The molecule has 0 atom stereocenters. The molecule has 0 spiro atoms. The number of hydrogen-bond acceptors (Lipinski definition) is 1. The topological polar surface area (TPSA) is 29.1 Å². The maximum Gasteiger partial charge on any atom is 0.217 e. The molecule has 0 unspecified atom stereocenters. The van der Waals surface area contributed by atoms with Crippen molar-refractivity contribution in [2.24, 2.45) is 0 Å². The highest BCUT2D eigenvalue weighted by Gasteiger charge is 1.84. The van der Waals surface area contributed by atoms with E-state index in [1.54, 1.807) is 0 Å². The molecule has 0 aliphatic rings. The number of unbranched alkanes of at least 4 members (excludes halogenated alkanes) is 2. The molecule has 0 heterocycles. The molecule has 2 heteroatoms. The number of amides is 1. The molecule has 0 saturated heterocycles. The van der Waals surface area contributed by atoms with E-state index in [-0.39, 0.29) is 5.91 Å². The van der Waals surface area contributed by atoms with Crippen molar-refractivity contribution < 1.29 is 4.79 Å². The Morgan fingerprint density at radius 2 is 2.17 bits per heavy atom. The van der Waals surface area contributed by atoms with E-state index in [9.17, 15) is 4.79 Å². The van der Waals surface area contributed by atoms with E-state index in [0.29, 0.717) is 6.54 Å². The van der Waals surface area contributed by atoms with E-state index in [1.807, 2.05) is 12.2 Å². The lowest BCUT2D eigenvalue weighted by atomic mass is 10.2. The quantitative estimate of drug-likeness (QED) is 0.476. The predicted molar refractivity (Wildman–Crippen MR) is 51.9 cm³/mol. The van der Waals surface area contributed by atoms with Gasteiger partial charge in [-0.3, -0.25) is 4.79 Å². The van der Waals surface area contributed by atoms with Gasteiger partial charge in [-0.05, 0) is 19.3 Å². The summed E-state index contributed by atoms with van der Waals surface area (Å²) < 4.78 is 0. The van der Waals surface area contributed by atoms with Crippen LogP contribution in [0, 0.1) is 0 Å². The summed E-state index contributed by atoms with van der Waals surface area (Å²) in [5.74, 6) is 0.0192. The zero-order valence-electron chi connectivity index (χ0n) is 7.68. The Kier molecular flexibility index (Phi) is 7.35. The third-order valence-electron chi connectivity index (χ3n) is 1.41. The van der Waals surface area contributed by atoms with Crippen molar-refractivity contribution in [1.82, 2.24) is 5.32 Å². The van der Waals surface area contributed by atoms with Gasteiger partial charge < -0.3 is 5.32 Å². The molecule has 1 amide bonds. The Balaban J connectivity index is 3.14. The van der Waals surface area contributed by atoms with Crippen LogP contribution >= 0.6 is 0 Å². The molecule has 1 N–H and O–H groups in total. The summed E-state index contributed by atoms with van der Waals surface area (Å²) in [4.78, 5) is 10.4. The summed E-state index contributed by atoms with van der Waals surface area (Å²) in [7, 11) is 0. The molecule has 68 valence electrons. The normalized spacial score (nSPS) is 10.1. The Hall–Kier alpha value is -1.05. The van der Waals surface area contributed by atoms with E-state index >= 15 is 0 Å². The summed E-state index contributed by atoms with van der Waals surface area (Å²) >= 11 is 0. The van der Waals surface area contributed by atoms with Gasteiger partial charge in [0.15, 0.2) is 0 Å². The predicted octanol–water partition coefficient (Wildman–Crippen LogP) is 2.04. The molecule has 0 aromatic carbocycles. The highest BCUT2D eigenvalue weighted by molar-refractivity contribution is 5.72. The zero-order chi connectivity index (χ0) is 9.23. The van der Waals surface area contributed by atoms with E-state index in [2.05, 4.69) is 18.0 Å². The lowest BCUT2D eigenvalue weighted by Gasteiger charge is -1.94.